The van der Waals surface area contributed by atoms with Crippen LogP contribution in [0.25, 0.3) is 0 Å². The van der Waals surface area contributed by atoms with Crippen LogP contribution < -0.4 is 5.32 Å². The first-order valence-electron chi connectivity index (χ1n) is 5.68. The van der Waals surface area contributed by atoms with Crippen molar-refractivity contribution in [2.45, 2.75) is 19.8 Å². The van der Waals surface area contributed by atoms with E-state index in [1.807, 2.05) is 19.3 Å². The lowest BCUT2D eigenvalue weighted by molar-refractivity contribution is -0.145. The van der Waals surface area contributed by atoms with Gasteiger partial charge in [-0.15, -0.1) is 0 Å². The van der Waals surface area contributed by atoms with E-state index in [4.69, 9.17) is 4.74 Å². The van der Waals surface area contributed by atoms with Gasteiger partial charge in [0.1, 0.15) is 0 Å². The van der Waals surface area contributed by atoms with Crippen LogP contribution in [0.4, 0.5) is 0 Å². The third-order valence-electron chi connectivity index (χ3n) is 2.67. The molecule has 4 heteroatoms. The molecule has 1 rings (SSSR count). The number of carbonyl (C=O) groups is 1. The third kappa shape index (κ3) is 4.06. The Hall–Kier alpha value is -1.29. The maximum absolute atomic E-state index is 11.3. The van der Waals surface area contributed by atoms with Gasteiger partial charge in [-0.1, -0.05) is 6.92 Å². The fraction of sp³-hybridized carbons (Fsp3) is 0.583. The van der Waals surface area contributed by atoms with E-state index in [-0.39, 0.29) is 11.9 Å². The van der Waals surface area contributed by atoms with Crippen molar-refractivity contribution in [3.05, 3.63) is 24.0 Å². The van der Waals surface area contributed by atoms with E-state index >= 15 is 0 Å². The van der Waals surface area contributed by atoms with Crippen molar-refractivity contribution in [1.29, 1.82) is 0 Å². The summed E-state index contributed by atoms with van der Waals surface area (Å²) < 4.78 is 4.72. The lowest BCUT2D eigenvalue weighted by atomic mass is 10.1. The number of hydrogen-bond acceptors (Lipinski definition) is 3. The first-order valence-corrected chi connectivity index (χ1v) is 5.68. The number of rotatable bonds is 7. The van der Waals surface area contributed by atoms with Crippen LogP contribution in [0.1, 0.15) is 18.9 Å². The van der Waals surface area contributed by atoms with Crippen LogP contribution in [0.5, 0.6) is 0 Å². The Morgan fingerprint density at radius 1 is 1.62 bits per heavy atom. The van der Waals surface area contributed by atoms with Crippen LogP contribution in [-0.4, -0.2) is 31.2 Å². The van der Waals surface area contributed by atoms with Gasteiger partial charge in [-0.05, 0) is 31.0 Å². The molecular weight excluding hydrogens is 204 g/mol. The first kappa shape index (κ1) is 12.8. The zero-order valence-corrected chi connectivity index (χ0v) is 9.95. The van der Waals surface area contributed by atoms with E-state index < -0.39 is 0 Å². The molecule has 1 aromatic heterocycles. The largest absolute Gasteiger partial charge is 0.469 e. The molecule has 0 aromatic carbocycles. The summed E-state index contributed by atoms with van der Waals surface area (Å²) >= 11 is 0. The second-order valence-corrected chi connectivity index (χ2v) is 3.80. The van der Waals surface area contributed by atoms with Gasteiger partial charge >= 0.3 is 5.97 Å². The summed E-state index contributed by atoms with van der Waals surface area (Å²) in [6.45, 7) is 3.56. The Morgan fingerprint density at radius 3 is 3.00 bits per heavy atom. The molecule has 0 fully saturated rings. The summed E-state index contributed by atoms with van der Waals surface area (Å²) in [6, 6.07) is 2.05. The minimum absolute atomic E-state index is 0.0313. The Kier molecular flexibility index (Phi) is 5.64. The van der Waals surface area contributed by atoms with Crippen LogP contribution >= 0.6 is 0 Å². The smallest absolute Gasteiger partial charge is 0.309 e. The normalized spacial score (nSPS) is 12.4. The van der Waals surface area contributed by atoms with E-state index in [0.29, 0.717) is 6.54 Å². The maximum Gasteiger partial charge on any atom is 0.309 e. The van der Waals surface area contributed by atoms with Gasteiger partial charge in [-0.25, -0.2) is 0 Å². The van der Waals surface area contributed by atoms with Crippen LogP contribution in [0.15, 0.2) is 18.5 Å². The summed E-state index contributed by atoms with van der Waals surface area (Å²) in [5.41, 5.74) is 1.28. The minimum atomic E-state index is -0.128. The molecule has 0 saturated heterocycles. The molecule has 16 heavy (non-hydrogen) atoms. The van der Waals surface area contributed by atoms with E-state index in [1.54, 1.807) is 0 Å². The van der Waals surface area contributed by atoms with Gasteiger partial charge < -0.3 is 15.0 Å². The molecule has 2 N–H and O–H groups in total. The van der Waals surface area contributed by atoms with Gasteiger partial charge in [0.25, 0.3) is 0 Å². The van der Waals surface area contributed by atoms with Crippen molar-refractivity contribution >= 4 is 5.97 Å². The number of aromatic nitrogens is 1. The molecule has 4 nitrogen and oxygen atoms in total. The second kappa shape index (κ2) is 7.06. The van der Waals surface area contributed by atoms with Gasteiger partial charge in [0.2, 0.25) is 0 Å². The Morgan fingerprint density at radius 2 is 2.44 bits per heavy atom. The number of ether oxygens (including phenoxy) is 1. The standard InChI is InChI=1S/C12H20N2O2/c1-3-11(12(15)16-2)9-14-7-5-10-4-6-13-8-10/h4,6,8,11,13-14H,3,5,7,9H2,1-2H3. The zero-order valence-electron chi connectivity index (χ0n) is 9.95. The fourth-order valence-electron chi connectivity index (χ4n) is 1.58. The molecule has 1 atom stereocenters. The van der Waals surface area contributed by atoms with Crippen molar-refractivity contribution in [3.8, 4) is 0 Å². The summed E-state index contributed by atoms with van der Waals surface area (Å²) in [7, 11) is 1.44. The van der Waals surface area contributed by atoms with Crippen molar-refractivity contribution in [3.63, 3.8) is 0 Å². The average Bonchev–Trinajstić information content (AvgIpc) is 2.81. The third-order valence-corrected chi connectivity index (χ3v) is 2.67. The number of hydrogen-bond donors (Lipinski definition) is 2. The highest BCUT2D eigenvalue weighted by Crippen LogP contribution is 2.03. The first-order chi connectivity index (χ1) is 7.77. The van der Waals surface area contributed by atoms with Crippen LogP contribution in [0.2, 0.25) is 0 Å². The lowest BCUT2D eigenvalue weighted by Gasteiger charge is -2.12. The highest BCUT2D eigenvalue weighted by molar-refractivity contribution is 5.72. The number of aromatic amines is 1. The lowest BCUT2D eigenvalue weighted by Crippen LogP contribution is -2.30. The molecule has 0 amide bonds. The monoisotopic (exact) mass is 224 g/mol. The molecule has 90 valence electrons. The van der Waals surface area contributed by atoms with Crippen molar-refractivity contribution < 1.29 is 9.53 Å². The van der Waals surface area contributed by atoms with Crippen molar-refractivity contribution in [2.75, 3.05) is 20.2 Å². The predicted molar refractivity (Wildman–Crippen MR) is 63.2 cm³/mol. The summed E-state index contributed by atoms with van der Waals surface area (Å²) in [4.78, 5) is 14.3. The molecule has 0 aliphatic carbocycles. The quantitative estimate of drug-likeness (QED) is 0.543. The van der Waals surface area contributed by atoms with Gasteiger partial charge in [0.15, 0.2) is 0 Å². The summed E-state index contributed by atoms with van der Waals surface area (Å²) in [5, 5.41) is 3.28. The Labute approximate surface area is 96.4 Å². The van der Waals surface area contributed by atoms with E-state index in [1.165, 1.54) is 12.7 Å². The molecule has 0 radical (unpaired) electrons. The highest BCUT2D eigenvalue weighted by atomic mass is 16.5. The molecule has 0 bridgehead atoms. The van der Waals surface area contributed by atoms with Gasteiger partial charge in [-0.3, -0.25) is 4.79 Å². The van der Waals surface area contributed by atoms with E-state index in [9.17, 15) is 4.79 Å². The minimum Gasteiger partial charge on any atom is -0.469 e. The molecule has 1 aromatic rings. The number of nitrogens with one attached hydrogen (secondary N) is 2. The van der Waals surface area contributed by atoms with Crippen LogP contribution in [0, 0.1) is 5.92 Å². The van der Waals surface area contributed by atoms with E-state index in [2.05, 4.69) is 16.4 Å². The SMILES string of the molecule is CCC(CNCCc1cc[nH]c1)C(=O)OC. The van der Waals surface area contributed by atoms with Crippen LogP contribution in [0.3, 0.4) is 0 Å². The molecule has 0 saturated carbocycles. The van der Waals surface area contributed by atoms with Crippen molar-refractivity contribution in [1.82, 2.24) is 10.3 Å². The predicted octanol–water partition coefficient (Wildman–Crippen LogP) is 1.35. The topological polar surface area (TPSA) is 54.1 Å². The molecular formula is C12H20N2O2. The highest BCUT2D eigenvalue weighted by Gasteiger charge is 2.15. The summed E-state index contributed by atoms with van der Waals surface area (Å²) in [5.74, 6) is -0.159. The van der Waals surface area contributed by atoms with Crippen LogP contribution in [-0.2, 0) is 16.0 Å². The number of methoxy groups -OCH3 is 1. The number of esters is 1. The fourth-order valence-corrected chi connectivity index (χ4v) is 1.58. The number of H-pyrrole nitrogens is 1. The molecule has 0 spiro atoms. The van der Waals surface area contributed by atoms with Crippen molar-refractivity contribution in [2.24, 2.45) is 5.92 Å². The van der Waals surface area contributed by atoms with Gasteiger partial charge in [-0.2, -0.15) is 0 Å². The maximum atomic E-state index is 11.3. The molecule has 1 unspecified atom stereocenters. The Bertz CT molecular complexity index is 296. The van der Waals surface area contributed by atoms with Gasteiger partial charge in [0.05, 0.1) is 13.0 Å². The average molecular weight is 224 g/mol. The molecule has 0 aliphatic heterocycles. The zero-order chi connectivity index (χ0) is 11.8. The number of carbonyl (C=O) groups excluding carboxylic acids is 1. The molecule has 1 heterocycles. The second-order valence-electron chi connectivity index (χ2n) is 3.80. The Balaban J connectivity index is 2.16. The molecule has 0 aliphatic rings. The summed E-state index contributed by atoms with van der Waals surface area (Å²) in [6.07, 6.45) is 5.68. The van der Waals surface area contributed by atoms with E-state index in [0.717, 1.165) is 19.4 Å². The van der Waals surface area contributed by atoms with Gasteiger partial charge in [0, 0.05) is 18.9 Å².